The van der Waals surface area contributed by atoms with Gasteiger partial charge in [-0.05, 0) is 61.7 Å². The fraction of sp³-hybridized carbons (Fsp3) is 0.409. The molecule has 1 atom stereocenters. The van der Waals surface area contributed by atoms with Gasteiger partial charge in [0.1, 0.15) is 0 Å². The van der Waals surface area contributed by atoms with Gasteiger partial charge in [-0.1, -0.05) is 12.1 Å². The standard InChI is InChI=1S/C22H27N3O4S/c1-16(17-2-8-20(9-3-17)25-12-14-29-15-13-25)23-22(26)18-4-10-21(11-5-18)30(27,28)24-19-6-7-19/h2-5,8-11,16,19,24H,6-7,12-15H2,1H3,(H,23,26). The predicted molar refractivity (Wildman–Crippen MR) is 115 cm³/mol. The molecule has 0 bridgehead atoms. The molecule has 1 unspecified atom stereocenters. The Balaban J connectivity index is 1.37. The molecule has 1 saturated carbocycles. The molecule has 2 fully saturated rings. The molecular weight excluding hydrogens is 402 g/mol. The first-order chi connectivity index (χ1) is 14.4. The lowest BCUT2D eigenvalue weighted by Gasteiger charge is -2.29. The van der Waals surface area contributed by atoms with Crippen LogP contribution < -0.4 is 14.9 Å². The summed E-state index contributed by atoms with van der Waals surface area (Å²) in [6.45, 7) is 5.18. The number of nitrogens with one attached hydrogen (secondary N) is 2. The number of hydrogen-bond acceptors (Lipinski definition) is 5. The van der Waals surface area contributed by atoms with Gasteiger partial charge in [-0.2, -0.15) is 0 Å². The number of nitrogens with zero attached hydrogens (tertiary/aromatic N) is 1. The molecule has 1 aliphatic heterocycles. The SMILES string of the molecule is CC(NC(=O)c1ccc(S(=O)(=O)NC2CC2)cc1)c1ccc(N2CCOCC2)cc1. The Hall–Kier alpha value is -2.42. The third kappa shape index (κ3) is 5.00. The Labute approximate surface area is 177 Å². The summed E-state index contributed by atoms with van der Waals surface area (Å²) in [6, 6.07) is 14.1. The molecule has 1 heterocycles. The molecule has 30 heavy (non-hydrogen) atoms. The number of sulfonamides is 1. The average Bonchev–Trinajstić information content (AvgIpc) is 3.58. The number of morpholine rings is 1. The van der Waals surface area contributed by atoms with Crippen molar-refractivity contribution in [2.75, 3.05) is 31.2 Å². The Morgan fingerprint density at radius 2 is 1.67 bits per heavy atom. The molecule has 1 aliphatic carbocycles. The lowest BCUT2D eigenvalue weighted by Crippen LogP contribution is -2.36. The molecule has 4 rings (SSSR count). The zero-order valence-electron chi connectivity index (χ0n) is 17.0. The fourth-order valence-corrected chi connectivity index (χ4v) is 4.74. The quantitative estimate of drug-likeness (QED) is 0.706. The molecule has 2 aromatic rings. The number of amides is 1. The van der Waals surface area contributed by atoms with E-state index in [0.29, 0.717) is 5.56 Å². The number of carbonyl (C=O) groups excluding carboxylic acids is 1. The van der Waals surface area contributed by atoms with Crippen molar-refractivity contribution in [2.24, 2.45) is 0 Å². The van der Waals surface area contributed by atoms with Crippen LogP contribution in [0.5, 0.6) is 0 Å². The Bertz CT molecular complexity index is 980. The van der Waals surface area contributed by atoms with Gasteiger partial charge in [-0.15, -0.1) is 0 Å². The minimum absolute atomic E-state index is 0.0495. The van der Waals surface area contributed by atoms with E-state index < -0.39 is 10.0 Å². The van der Waals surface area contributed by atoms with Gasteiger partial charge >= 0.3 is 0 Å². The number of anilines is 1. The highest BCUT2D eigenvalue weighted by Gasteiger charge is 2.28. The van der Waals surface area contributed by atoms with Crippen LogP contribution >= 0.6 is 0 Å². The zero-order chi connectivity index (χ0) is 21.1. The van der Waals surface area contributed by atoms with Crippen LogP contribution in [0.15, 0.2) is 53.4 Å². The molecule has 8 heteroatoms. The first-order valence-corrected chi connectivity index (χ1v) is 11.8. The third-order valence-electron chi connectivity index (χ3n) is 5.44. The first kappa shape index (κ1) is 20.8. The van der Waals surface area contributed by atoms with Crippen molar-refractivity contribution in [2.45, 2.75) is 36.7 Å². The van der Waals surface area contributed by atoms with Gasteiger partial charge < -0.3 is 15.0 Å². The van der Waals surface area contributed by atoms with Gasteiger partial charge in [0, 0.05) is 30.4 Å². The maximum absolute atomic E-state index is 12.6. The fourth-order valence-electron chi connectivity index (χ4n) is 3.43. The van der Waals surface area contributed by atoms with E-state index in [2.05, 4.69) is 27.1 Å². The molecule has 7 nitrogen and oxygen atoms in total. The second-order valence-electron chi connectivity index (χ2n) is 7.81. The van der Waals surface area contributed by atoms with Crippen molar-refractivity contribution < 1.29 is 17.9 Å². The van der Waals surface area contributed by atoms with Gasteiger partial charge in [-0.25, -0.2) is 13.1 Å². The lowest BCUT2D eigenvalue weighted by molar-refractivity contribution is 0.0939. The van der Waals surface area contributed by atoms with Crippen molar-refractivity contribution in [1.82, 2.24) is 10.0 Å². The van der Waals surface area contributed by atoms with E-state index >= 15 is 0 Å². The van der Waals surface area contributed by atoms with Crippen molar-refractivity contribution >= 4 is 21.6 Å². The molecule has 1 saturated heterocycles. The second-order valence-corrected chi connectivity index (χ2v) is 9.52. The summed E-state index contributed by atoms with van der Waals surface area (Å²) in [5.41, 5.74) is 2.59. The topological polar surface area (TPSA) is 87.7 Å². The minimum Gasteiger partial charge on any atom is -0.378 e. The van der Waals surface area contributed by atoms with Gasteiger partial charge in [0.25, 0.3) is 5.91 Å². The predicted octanol–water partition coefficient (Wildman–Crippen LogP) is 2.45. The van der Waals surface area contributed by atoms with Gasteiger partial charge in [0.2, 0.25) is 10.0 Å². The maximum Gasteiger partial charge on any atom is 0.251 e. The van der Waals surface area contributed by atoms with Gasteiger partial charge in [-0.3, -0.25) is 4.79 Å². The number of carbonyl (C=O) groups is 1. The summed E-state index contributed by atoms with van der Waals surface area (Å²) in [6.07, 6.45) is 1.76. The van der Waals surface area contributed by atoms with Crippen LogP contribution in [0.4, 0.5) is 5.69 Å². The van der Waals surface area contributed by atoms with E-state index in [1.807, 2.05) is 19.1 Å². The summed E-state index contributed by atoms with van der Waals surface area (Å²) in [7, 11) is -3.51. The largest absolute Gasteiger partial charge is 0.378 e. The van der Waals surface area contributed by atoms with E-state index in [1.165, 1.54) is 12.1 Å². The van der Waals surface area contributed by atoms with E-state index in [1.54, 1.807) is 12.1 Å². The second kappa shape index (κ2) is 8.75. The van der Waals surface area contributed by atoms with E-state index in [9.17, 15) is 13.2 Å². The zero-order valence-corrected chi connectivity index (χ0v) is 17.8. The first-order valence-electron chi connectivity index (χ1n) is 10.3. The van der Waals surface area contributed by atoms with Crippen molar-refractivity contribution in [3.63, 3.8) is 0 Å². The molecule has 0 aromatic heterocycles. The van der Waals surface area contributed by atoms with Crippen LogP contribution in [0.1, 0.15) is 41.7 Å². The highest BCUT2D eigenvalue weighted by Crippen LogP contribution is 2.23. The Kier molecular flexibility index (Phi) is 6.08. The minimum atomic E-state index is -3.51. The lowest BCUT2D eigenvalue weighted by atomic mass is 10.1. The highest BCUT2D eigenvalue weighted by atomic mass is 32.2. The monoisotopic (exact) mass is 429 g/mol. The van der Waals surface area contributed by atoms with Crippen LogP contribution in [0, 0.1) is 0 Å². The molecule has 2 N–H and O–H groups in total. The van der Waals surface area contributed by atoms with Crippen LogP contribution in [0.3, 0.4) is 0 Å². The molecule has 0 spiro atoms. The third-order valence-corrected chi connectivity index (χ3v) is 6.98. The molecule has 2 aromatic carbocycles. The summed E-state index contributed by atoms with van der Waals surface area (Å²) >= 11 is 0. The number of rotatable bonds is 7. The Morgan fingerprint density at radius 3 is 2.27 bits per heavy atom. The highest BCUT2D eigenvalue weighted by molar-refractivity contribution is 7.89. The Morgan fingerprint density at radius 1 is 1.03 bits per heavy atom. The normalized spacial score (nSPS) is 18.1. The smallest absolute Gasteiger partial charge is 0.251 e. The van der Waals surface area contributed by atoms with Gasteiger partial charge in [0.15, 0.2) is 0 Å². The van der Waals surface area contributed by atoms with Gasteiger partial charge in [0.05, 0.1) is 24.2 Å². The van der Waals surface area contributed by atoms with Crippen molar-refractivity contribution in [3.05, 3.63) is 59.7 Å². The molecular formula is C22H27N3O4S. The molecule has 160 valence electrons. The van der Waals surface area contributed by atoms with E-state index in [0.717, 1.165) is 50.4 Å². The molecule has 1 amide bonds. The molecule has 2 aliphatic rings. The summed E-state index contributed by atoms with van der Waals surface area (Å²) in [4.78, 5) is 15.1. The summed E-state index contributed by atoms with van der Waals surface area (Å²) in [5, 5.41) is 2.97. The van der Waals surface area contributed by atoms with Crippen LogP contribution in [0.2, 0.25) is 0 Å². The van der Waals surface area contributed by atoms with Crippen LogP contribution in [-0.4, -0.2) is 46.7 Å². The molecule has 0 radical (unpaired) electrons. The van der Waals surface area contributed by atoms with E-state index in [-0.39, 0.29) is 22.9 Å². The van der Waals surface area contributed by atoms with Crippen molar-refractivity contribution in [1.29, 1.82) is 0 Å². The van der Waals surface area contributed by atoms with Crippen molar-refractivity contribution in [3.8, 4) is 0 Å². The average molecular weight is 430 g/mol. The van der Waals surface area contributed by atoms with Crippen LogP contribution in [-0.2, 0) is 14.8 Å². The number of benzene rings is 2. The summed E-state index contributed by atoms with van der Waals surface area (Å²) < 4.78 is 32.5. The number of hydrogen-bond donors (Lipinski definition) is 2. The number of ether oxygens (including phenoxy) is 1. The van der Waals surface area contributed by atoms with E-state index in [4.69, 9.17) is 4.74 Å². The maximum atomic E-state index is 12.6. The van der Waals surface area contributed by atoms with Crippen LogP contribution in [0.25, 0.3) is 0 Å². The summed E-state index contributed by atoms with van der Waals surface area (Å²) in [5.74, 6) is -0.237.